The number of benzene rings is 4. The normalized spacial score (nSPS) is 11.7. The zero-order valence-electron chi connectivity index (χ0n) is 18.0. The van der Waals surface area contributed by atoms with Gasteiger partial charge in [-0.25, -0.2) is 0 Å². The molecule has 0 spiro atoms. The molecule has 0 aliphatic heterocycles. The van der Waals surface area contributed by atoms with Gasteiger partial charge in [0.05, 0.1) is 5.52 Å². The molecule has 4 heteroatoms. The van der Waals surface area contributed by atoms with E-state index in [4.69, 9.17) is 0 Å². The average molecular weight is 603 g/mol. The van der Waals surface area contributed by atoms with Crippen molar-refractivity contribution in [2.24, 2.45) is 0 Å². The second-order valence-electron chi connectivity index (χ2n) is 8.32. The number of aryl methyl sites for hydroxylation is 1. The van der Waals surface area contributed by atoms with Crippen LogP contribution in [0.2, 0.25) is 0 Å². The van der Waals surface area contributed by atoms with Crippen LogP contribution in [0, 0.1) is 6.07 Å². The summed E-state index contributed by atoms with van der Waals surface area (Å²) in [6.45, 7) is 3.16. The van der Waals surface area contributed by atoms with E-state index in [1.165, 1.54) is 49.1 Å². The minimum atomic E-state index is 0. The van der Waals surface area contributed by atoms with Crippen LogP contribution in [-0.2, 0) is 26.7 Å². The largest absolute Gasteiger partial charge is 0.341 e. The molecule has 3 nitrogen and oxygen atoms in total. The molecule has 1 radical (unpaired) electrons. The zero-order chi connectivity index (χ0) is 21.2. The van der Waals surface area contributed by atoms with Gasteiger partial charge in [0.2, 0.25) is 0 Å². The topological polar surface area (TPSA) is 22.2 Å². The molecule has 33 heavy (non-hydrogen) atoms. The Morgan fingerprint density at radius 3 is 2.21 bits per heavy atom. The maximum absolute atomic E-state index is 4.57. The van der Waals surface area contributed by atoms with Crippen LogP contribution in [-0.4, -0.2) is 14.2 Å². The second kappa shape index (κ2) is 7.55. The van der Waals surface area contributed by atoms with Crippen LogP contribution in [0.3, 0.4) is 0 Å². The molecule has 0 saturated carbocycles. The van der Waals surface area contributed by atoms with Gasteiger partial charge in [0.25, 0.3) is 0 Å². The first-order valence-electron chi connectivity index (χ1n) is 11.0. The number of pyridine rings is 1. The maximum atomic E-state index is 4.57. The van der Waals surface area contributed by atoms with Gasteiger partial charge in [-0.1, -0.05) is 65.5 Å². The fourth-order valence-electron chi connectivity index (χ4n) is 5.24. The summed E-state index contributed by atoms with van der Waals surface area (Å²) < 4.78 is 4.39. The minimum absolute atomic E-state index is 0. The Hall–Kier alpha value is -3.46. The summed E-state index contributed by atoms with van der Waals surface area (Å²) in [7, 11) is 0. The molecule has 3 aromatic heterocycles. The second-order valence-corrected chi connectivity index (χ2v) is 8.32. The SMILES string of the molecule is CCn1c2ccccc2c2cc(-c3c[c-]c4c(c3)c3ccccc3c3ccnn43)ccc21.[Ir]. The Bertz CT molecular complexity index is 1820. The van der Waals surface area contributed by atoms with Gasteiger partial charge in [0.15, 0.2) is 0 Å². The number of fused-ring (bicyclic) bond motifs is 9. The van der Waals surface area contributed by atoms with Crippen LogP contribution in [0.5, 0.6) is 0 Å². The molecule has 0 saturated heterocycles. The van der Waals surface area contributed by atoms with Crippen molar-refractivity contribution in [3.05, 3.63) is 97.2 Å². The number of hydrogen-bond acceptors (Lipinski definition) is 1. The van der Waals surface area contributed by atoms with Crippen molar-refractivity contribution in [1.29, 1.82) is 0 Å². The first-order valence-corrected chi connectivity index (χ1v) is 11.0. The van der Waals surface area contributed by atoms with Crippen molar-refractivity contribution in [3.63, 3.8) is 0 Å². The summed E-state index contributed by atoms with van der Waals surface area (Å²) in [6.07, 6.45) is 1.86. The van der Waals surface area contributed by atoms with Crippen molar-refractivity contribution in [1.82, 2.24) is 14.2 Å². The Kier molecular flexibility index (Phi) is 4.61. The predicted molar refractivity (Wildman–Crippen MR) is 133 cm³/mol. The van der Waals surface area contributed by atoms with Crippen LogP contribution >= 0.6 is 0 Å². The van der Waals surface area contributed by atoms with Gasteiger partial charge < -0.3 is 4.57 Å². The molecule has 7 rings (SSSR count). The van der Waals surface area contributed by atoms with Gasteiger partial charge >= 0.3 is 0 Å². The summed E-state index contributed by atoms with van der Waals surface area (Å²) in [6, 6.07) is 34.0. The number of aromatic nitrogens is 3. The van der Waals surface area contributed by atoms with Crippen LogP contribution in [0.4, 0.5) is 0 Å². The third-order valence-electron chi connectivity index (χ3n) is 6.69. The molecule has 0 aliphatic carbocycles. The van der Waals surface area contributed by atoms with Gasteiger partial charge in [-0.3, -0.25) is 4.52 Å². The molecule has 4 aromatic carbocycles. The standard InChI is InChI=1S/C29H20N3.Ir/c1-2-31-26-10-6-5-9-23(26)25-18-19(11-13-27(25)31)20-12-14-28-24(17-20)21-7-3-4-8-22(21)29-15-16-30-32(28)29;/h3-13,15-18H,2H2,1H3;/q-1;. The first kappa shape index (κ1) is 20.2. The molecule has 0 aliphatic rings. The fraction of sp³-hybridized carbons (Fsp3) is 0.0690. The van der Waals surface area contributed by atoms with Crippen LogP contribution in [0.1, 0.15) is 6.92 Å². The van der Waals surface area contributed by atoms with Crippen LogP contribution in [0.25, 0.3) is 60.1 Å². The minimum Gasteiger partial charge on any atom is -0.341 e. The van der Waals surface area contributed by atoms with E-state index in [-0.39, 0.29) is 20.1 Å². The van der Waals surface area contributed by atoms with E-state index >= 15 is 0 Å². The van der Waals surface area contributed by atoms with Gasteiger partial charge in [0, 0.05) is 54.7 Å². The molecule has 0 bridgehead atoms. The smallest absolute Gasteiger partial charge is 0.0711 e. The zero-order valence-corrected chi connectivity index (χ0v) is 20.4. The summed E-state index contributed by atoms with van der Waals surface area (Å²) in [4.78, 5) is 0. The number of hydrogen-bond donors (Lipinski definition) is 0. The predicted octanol–water partition coefficient (Wildman–Crippen LogP) is 7.23. The average Bonchev–Trinajstić information content (AvgIpc) is 3.47. The van der Waals surface area contributed by atoms with Crippen molar-refractivity contribution in [3.8, 4) is 11.1 Å². The van der Waals surface area contributed by atoms with E-state index in [1.54, 1.807) is 0 Å². The first-order chi connectivity index (χ1) is 15.8. The van der Waals surface area contributed by atoms with Gasteiger partial charge in [0.1, 0.15) is 0 Å². The molecule has 3 heterocycles. The quantitative estimate of drug-likeness (QED) is 0.151. The Morgan fingerprint density at radius 1 is 0.697 bits per heavy atom. The van der Waals surface area contributed by atoms with E-state index in [0.717, 1.165) is 17.6 Å². The van der Waals surface area contributed by atoms with Crippen LogP contribution < -0.4 is 0 Å². The van der Waals surface area contributed by atoms with Gasteiger partial charge in [-0.05, 0) is 36.0 Å². The third kappa shape index (κ3) is 2.81. The van der Waals surface area contributed by atoms with Crippen molar-refractivity contribution >= 4 is 49.0 Å². The van der Waals surface area contributed by atoms with Crippen molar-refractivity contribution in [2.75, 3.05) is 0 Å². The number of nitrogens with zero attached hydrogens (tertiary/aromatic N) is 3. The van der Waals surface area contributed by atoms with Crippen LogP contribution in [0.15, 0.2) is 91.1 Å². The van der Waals surface area contributed by atoms with Crippen molar-refractivity contribution in [2.45, 2.75) is 13.5 Å². The summed E-state index contributed by atoms with van der Waals surface area (Å²) in [5, 5.41) is 10.8. The third-order valence-corrected chi connectivity index (χ3v) is 6.69. The summed E-state index contributed by atoms with van der Waals surface area (Å²) >= 11 is 0. The molecule has 0 unspecified atom stereocenters. The fourth-order valence-corrected chi connectivity index (χ4v) is 5.24. The molecule has 0 fully saturated rings. The Morgan fingerprint density at radius 2 is 1.39 bits per heavy atom. The molecule has 0 amide bonds. The van der Waals surface area contributed by atoms with E-state index in [0.29, 0.717) is 0 Å². The molecule has 0 N–H and O–H groups in total. The number of rotatable bonds is 2. The van der Waals surface area contributed by atoms with Crippen molar-refractivity contribution < 1.29 is 20.1 Å². The van der Waals surface area contributed by atoms with Gasteiger partial charge in [-0.2, -0.15) is 23.3 Å². The summed E-state index contributed by atoms with van der Waals surface area (Å²) in [5.41, 5.74) is 7.08. The summed E-state index contributed by atoms with van der Waals surface area (Å²) in [5.74, 6) is 0. The Balaban J connectivity index is 0.00000206. The number of para-hydroxylation sites is 1. The molecule has 7 aromatic rings. The molecular formula is C29H20IrN3-. The van der Waals surface area contributed by atoms with E-state index < -0.39 is 0 Å². The van der Waals surface area contributed by atoms with E-state index in [9.17, 15) is 0 Å². The Labute approximate surface area is 204 Å². The van der Waals surface area contributed by atoms with Gasteiger partial charge in [-0.15, -0.1) is 10.9 Å². The molecule has 161 valence electrons. The maximum Gasteiger partial charge on any atom is 0.0711 e. The monoisotopic (exact) mass is 603 g/mol. The molecular weight excluding hydrogens is 583 g/mol. The van der Waals surface area contributed by atoms with E-state index in [2.05, 4.69) is 108 Å². The van der Waals surface area contributed by atoms with E-state index in [1.807, 2.05) is 10.7 Å². The molecule has 0 atom stereocenters.